The SMILES string of the molecule is O=C(O)/C=C\c1ccc(OC2CCCCC2)nc1. The van der Waals surface area contributed by atoms with Crippen molar-refractivity contribution in [3.8, 4) is 5.88 Å². The molecule has 0 spiro atoms. The summed E-state index contributed by atoms with van der Waals surface area (Å²) in [6.45, 7) is 0. The van der Waals surface area contributed by atoms with Crippen LogP contribution < -0.4 is 4.74 Å². The third kappa shape index (κ3) is 3.87. The highest BCUT2D eigenvalue weighted by molar-refractivity contribution is 5.85. The van der Waals surface area contributed by atoms with E-state index in [2.05, 4.69) is 4.98 Å². The van der Waals surface area contributed by atoms with Gasteiger partial charge in [-0.25, -0.2) is 9.78 Å². The van der Waals surface area contributed by atoms with Crippen LogP contribution >= 0.6 is 0 Å². The first-order valence-corrected chi connectivity index (χ1v) is 6.28. The molecule has 0 aromatic carbocycles. The Morgan fingerprint density at radius 1 is 1.33 bits per heavy atom. The molecule has 1 aromatic rings. The van der Waals surface area contributed by atoms with E-state index in [1.54, 1.807) is 12.3 Å². The molecular weight excluding hydrogens is 230 g/mol. The van der Waals surface area contributed by atoms with Gasteiger partial charge in [0, 0.05) is 18.3 Å². The number of rotatable bonds is 4. The lowest BCUT2D eigenvalue weighted by atomic mass is 9.98. The molecule has 0 atom stereocenters. The zero-order chi connectivity index (χ0) is 12.8. The minimum Gasteiger partial charge on any atom is -0.478 e. The second-order valence-corrected chi connectivity index (χ2v) is 4.48. The number of hydrogen-bond acceptors (Lipinski definition) is 3. The van der Waals surface area contributed by atoms with E-state index in [4.69, 9.17) is 9.84 Å². The fourth-order valence-electron chi connectivity index (χ4n) is 2.08. The summed E-state index contributed by atoms with van der Waals surface area (Å²) in [7, 11) is 0. The normalized spacial score (nSPS) is 16.9. The lowest BCUT2D eigenvalue weighted by Crippen LogP contribution is -2.20. The van der Waals surface area contributed by atoms with Gasteiger partial charge in [-0.1, -0.05) is 6.42 Å². The van der Waals surface area contributed by atoms with Crippen molar-refractivity contribution in [2.24, 2.45) is 0 Å². The Bertz CT molecular complexity index is 419. The van der Waals surface area contributed by atoms with Crippen molar-refractivity contribution in [1.82, 2.24) is 4.98 Å². The third-order valence-electron chi connectivity index (χ3n) is 3.02. The first kappa shape index (κ1) is 12.6. The van der Waals surface area contributed by atoms with Crippen molar-refractivity contribution < 1.29 is 14.6 Å². The molecule has 4 nitrogen and oxygen atoms in total. The lowest BCUT2D eigenvalue weighted by Gasteiger charge is -2.22. The number of aliphatic carboxylic acids is 1. The van der Waals surface area contributed by atoms with Crippen molar-refractivity contribution >= 4 is 12.0 Å². The summed E-state index contributed by atoms with van der Waals surface area (Å²) in [5.41, 5.74) is 0.758. The topological polar surface area (TPSA) is 59.4 Å². The molecule has 4 heteroatoms. The number of hydrogen-bond donors (Lipinski definition) is 1. The van der Waals surface area contributed by atoms with Gasteiger partial charge in [0.05, 0.1) is 0 Å². The Kier molecular flexibility index (Phi) is 4.34. The Morgan fingerprint density at radius 2 is 2.11 bits per heavy atom. The molecule has 1 aliphatic carbocycles. The van der Waals surface area contributed by atoms with Gasteiger partial charge >= 0.3 is 5.97 Å². The van der Waals surface area contributed by atoms with Crippen molar-refractivity contribution in [3.05, 3.63) is 30.0 Å². The van der Waals surface area contributed by atoms with Crippen LogP contribution in [0.3, 0.4) is 0 Å². The van der Waals surface area contributed by atoms with Gasteiger partial charge < -0.3 is 9.84 Å². The van der Waals surface area contributed by atoms with E-state index < -0.39 is 5.97 Å². The highest BCUT2D eigenvalue weighted by Gasteiger charge is 2.14. The summed E-state index contributed by atoms with van der Waals surface area (Å²) in [4.78, 5) is 14.6. The van der Waals surface area contributed by atoms with Crippen molar-refractivity contribution in [2.45, 2.75) is 38.2 Å². The molecule has 96 valence electrons. The largest absolute Gasteiger partial charge is 0.478 e. The van der Waals surface area contributed by atoms with E-state index in [1.807, 2.05) is 6.07 Å². The highest BCUT2D eigenvalue weighted by Crippen LogP contribution is 2.22. The van der Waals surface area contributed by atoms with Crippen LogP contribution in [0.2, 0.25) is 0 Å². The standard InChI is InChI=1S/C14H17NO3/c16-14(17)9-7-11-6-8-13(15-10-11)18-12-4-2-1-3-5-12/h6-10,12H,1-5H2,(H,16,17)/b9-7-. The van der Waals surface area contributed by atoms with Crippen LogP contribution in [0.15, 0.2) is 24.4 Å². The summed E-state index contributed by atoms with van der Waals surface area (Å²) in [5.74, 6) is -0.341. The predicted octanol–water partition coefficient (Wildman–Crippen LogP) is 2.89. The van der Waals surface area contributed by atoms with Crippen molar-refractivity contribution in [2.75, 3.05) is 0 Å². The van der Waals surface area contributed by atoms with Crippen LogP contribution in [-0.2, 0) is 4.79 Å². The van der Waals surface area contributed by atoms with E-state index >= 15 is 0 Å². The molecule has 1 fully saturated rings. The van der Waals surface area contributed by atoms with Gasteiger partial charge in [-0.15, -0.1) is 0 Å². The van der Waals surface area contributed by atoms with Gasteiger partial charge in [0.15, 0.2) is 0 Å². The first-order chi connectivity index (χ1) is 8.74. The van der Waals surface area contributed by atoms with Crippen LogP contribution in [0, 0.1) is 0 Å². The predicted molar refractivity (Wildman–Crippen MR) is 68.4 cm³/mol. The molecule has 0 unspecified atom stereocenters. The van der Waals surface area contributed by atoms with Gasteiger partial charge in [-0.3, -0.25) is 0 Å². The quantitative estimate of drug-likeness (QED) is 0.831. The Hall–Kier alpha value is -1.84. The number of carbonyl (C=O) groups is 1. The maximum atomic E-state index is 10.4. The summed E-state index contributed by atoms with van der Waals surface area (Å²) >= 11 is 0. The minimum absolute atomic E-state index is 0.284. The molecule has 2 rings (SSSR count). The highest BCUT2D eigenvalue weighted by atomic mass is 16.5. The Balaban J connectivity index is 1.92. The summed E-state index contributed by atoms with van der Waals surface area (Å²) in [6, 6.07) is 3.60. The summed E-state index contributed by atoms with van der Waals surface area (Å²) in [5, 5.41) is 8.51. The molecule has 0 bridgehead atoms. The molecule has 1 saturated carbocycles. The number of carboxylic acids is 1. The zero-order valence-electron chi connectivity index (χ0n) is 10.2. The van der Waals surface area contributed by atoms with E-state index in [9.17, 15) is 4.79 Å². The second-order valence-electron chi connectivity index (χ2n) is 4.48. The molecule has 0 radical (unpaired) electrons. The number of carboxylic acid groups (broad SMARTS) is 1. The van der Waals surface area contributed by atoms with Crippen LogP contribution in [-0.4, -0.2) is 22.2 Å². The van der Waals surface area contributed by atoms with E-state index in [1.165, 1.54) is 25.3 Å². The van der Waals surface area contributed by atoms with Crippen LogP contribution in [0.5, 0.6) is 5.88 Å². The average Bonchev–Trinajstić information content (AvgIpc) is 2.39. The maximum absolute atomic E-state index is 10.4. The monoisotopic (exact) mass is 247 g/mol. The molecular formula is C14H17NO3. The number of aromatic nitrogens is 1. The molecule has 1 N–H and O–H groups in total. The van der Waals surface area contributed by atoms with E-state index in [-0.39, 0.29) is 6.10 Å². The third-order valence-corrected chi connectivity index (χ3v) is 3.02. The molecule has 1 aliphatic rings. The molecule has 0 aliphatic heterocycles. The van der Waals surface area contributed by atoms with Crippen molar-refractivity contribution in [3.63, 3.8) is 0 Å². The maximum Gasteiger partial charge on any atom is 0.328 e. The van der Waals surface area contributed by atoms with Crippen LogP contribution in [0.4, 0.5) is 0 Å². The molecule has 0 amide bonds. The smallest absolute Gasteiger partial charge is 0.328 e. The molecule has 1 heterocycles. The van der Waals surface area contributed by atoms with Gasteiger partial charge in [0.2, 0.25) is 5.88 Å². The average molecular weight is 247 g/mol. The minimum atomic E-state index is -0.961. The number of pyridine rings is 1. The lowest BCUT2D eigenvalue weighted by molar-refractivity contribution is -0.131. The molecule has 1 aromatic heterocycles. The van der Waals surface area contributed by atoms with Crippen LogP contribution in [0.25, 0.3) is 6.08 Å². The van der Waals surface area contributed by atoms with Gasteiger partial charge in [0.1, 0.15) is 6.10 Å². The van der Waals surface area contributed by atoms with Gasteiger partial charge in [-0.05, 0) is 43.4 Å². The number of nitrogens with zero attached hydrogens (tertiary/aromatic N) is 1. The zero-order valence-corrected chi connectivity index (χ0v) is 10.2. The van der Waals surface area contributed by atoms with Gasteiger partial charge in [0.25, 0.3) is 0 Å². The van der Waals surface area contributed by atoms with Crippen molar-refractivity contribution in [1.29, 1.82) is 0 Å². The summed E-state index contributed by atoms with van der Waals surface area (Å²) in [6.07, 6.45) is 10.5. The molecule has 0 saturated heterocycles. The van der Waals surface area contributed by atoms with Crippen LogP contribution in [0.1, 0.15) is 37.7 Å². The second kappa shape index (κ2) is 6.19. The van der Waals surface area contributed by atoms with E-state index in [0.29, 0.717) is 5.88 Å². The fraction of sp³-hybridized carbons (Fsp3) is 0.429. The fourth-order valence-corrected chi connectivity index (χ4v) is 2.08. The van der Waals surface area contributed by atoms with E-state index in [0.717, 1.165) is 24.5 Å². The summed E-state index contributed by atoms with van der Waals surface area (Å²) < 4.78 is 5.78. The van der Waals surface area contributed by atoms with Gasteiger partial charge in [-0.2, -0.15) is 0 Å². The Labute approximate surface area is 106 Å². The first-order valence-electron chi connectivity index (χ1n) is 6.28. The molecule has 18 heavy (non-hydrogen) atoms. The number of ether oxygens (including phenoxy) is 1. The Morgan fingerprint density at radius 3 is 2.72 bits per heavy atom.